The van der Waals surface area contributed by atoms with Crippen molar-refractivity contribution in [2.75, 3.05) is 0 Å². The summed E-state index contributed by atoms with van der Waals surface area (Å²) in [5.41, 5.74) is -1.34. The Kier molecular flexibility index (Phi) is 6.81. The molecule has 0 radical (unpaired) electrons. The van der Waals surface area contributed by atoms with Gasteiger partial charge in [-0.15, -0.1) is 11.3 Å². The van der Waals surface area contributed by atoms with E-state index in [1.54, 1.807) is 52.1 Å². The van der Waals surface area contributed by atoms with Crippen LogP contribution in [0, 0.1) is 19.7 Å². The second-order valence-electron chi connectivity index (χ2n) is 11.1. The number of fused-ring (bicyclic) bond motifs is 1. The Labute approximate surface area is 237 Å². The number of carbonyl (C=O) groups is 1. The van der Waals surface area contributed by atoms with Gasteiger partial charge in [-0.3, -0.25) is 9.59 Å². The zero-order valence-electron chi connectivity index (χ0n) is 23.0. The lowest BCUT2D eigenvalue weighted by molar-refractivity contribution is -0.163. The summed E-state index contributed by atoms with van der Waals surface area (Å²) < 4.78 is 62.2. The number of aliphatic hydroxyl groups is 1. The van der Waals surface area contributed by atoms with Gasteiger partial charge in [0.25, 0.3) is 11.5 Å². The molecular formula is C30H28F4N2O4S. The Balaban J connectivity index is 1.68. The summed E-state index contributed by atoms with van der Waals surface area (Å²) in [6, 6.07) is 9.13. The molecule has 2 heterocycles. The van der Waals surface area contributed by atoms with Crippen molar-refractivity contribution in [2.24, 2.45) is 7.05 Å². The Morgan fingerprint density at radius 1 is 1.07 bits per heavy atom. The Hall–Kier alpha value is -3.70. The molecule has 1 aliphatic carbocycles. The quantitative estimate of drug-likeness (QED) is 0.241. The lowest BCUT2D eigenvalue weighted by Crippen LogP contribution is -2.47. The van der Waals surface area contributed by atoms with E-state index in [4.69, 9.17) is 4.74 Å². The highest BCUT2D eigenvalue weighted by Crippen LogP contribution is 2.49. The van der Waals surface area contributed by atoms with Crippen molar-refractivity contribution in [3.05, 3.63) is 80.3 Å². The van der Waals surface area contributed by atoms with E-state index in [1.165, 1.54) is 29.8 Å². The van der Waals surface area contributed by atoms with Gasteiger partial charge in [-0.2, -0.15) is 13.2 Å². The molecule has 2 aromatic carbocycles. The summed E-state index contributed by atoms with van der Waals surface area (Å²) in [6.45, 7) is 6.63. The number of amides is 1. The highest BCUT2D eigenvalue weighted by atomic mass is 32.1. The zero-order chi connectivity index (χ0) is 30.1. The molecule has 1 saturated carbocycles. The number of ether oxygens (including phenoxy) is 1. The number of aryl methyl sites for hydroxylation is 3. The fourth-order valence-corrected chi connectivity index (χ4v) is 5.87. The number of rotatable bonds is 6. The maximum absolute atomic E-state index is 14.0. The molecular weight excluding hydrogens is 560 g/mol. The third-order valence-corrected chi connectivity index (χ3v) is 8.46. The molecule has 0 aliphatic heterocycles. The lowest BCUT2D eigenvalue weighted by Gasteiger charge is -2.22. The predicted molar refractivity (Wildman–Crippen MR) is 149 cm³/mol. The van der Waals surface area contributed by atoms with Crippen LogP contribution in [0.3, 0.4) is 0 Å². The number of pyridine rings is 1. The topological polar surface area (TPSA) is 80.6 Å². The highest BCUT2D eigenvalue weighted by Gasteiger charge is 2.64. The van der Waals surface area contributed by atoms with Gasteiger partial charge in [0.15, 0.2) is 0 Å². The van der Waals surface area contributed by atoms with E-state index in [-0.39, 0.29) is 22.4 Å². The third-order valence-electron chi connectivity index (χ3n) is 7.34. The number of nitrogens with one attached hydrogen (secondary N) is 1. The minimum absolute atomic E-state index is 0.0357. The Morgan fingerprint density at radius 3 is 2.27 bits per heavy atom. The molecule has 1 fully saturated rings. The first-order valence-electron chi connectivity index (χ1n) is 12.8. The molecule has 216 valence electrons. The van der Waals surface area contributed by atoms with Gasteiger partial charge in [0.2, 0.25) is 0 Å². The molecule has 5 rings (SSSR count). The maximum atomic E-state index is 14.0. The van der Waals surface area contributed by atoms with Gasteiger partial charge in [0.1, 0.15) is 27.6 Å². The van der Waals surface area contributed by atoms with Crippen LogP contribution in [0.5, 0.6) is 11.5 Å². The van der Waals surface area contributed by atoms with Crippen molar-refractivity contribution in [2.45, 2.75) is 57.9 Å². The van der Waals surface area contributed by atoms with Crippen LogP contribution in [0.4, 0.5) is 17.6 Å². The normalized spacial score (nSPS) is 14.8. The van der Waals surface area contributed by atoms with Crippen LogP contribution in [0.1, 0.15) is 53.1 Å². The number of carbonyl (C=O) groups excluding carboxylic acids is 1. The van der Waals surface area contributed by atoms with Gasteiger partial charge in [-0.05, 0) is 87.6 Å². The van der Waals surface area contributed by atoms with Gasteiger partial charge in [-0.1, -0.05) is 6.07 Å². The number of alkyl halides is 3. The number of hydrogen-bond donors (Lipinski definition) is 2. The van der Waals surface area contributed by atoms with Gasteiger partial charge in [0, 0.05) is 29.8 Å². The molecule has 0 spiro atoms. The van der Waals surface area contributed by atoms with Gasteiger partial charge < -0.3 is 19.7 Å². The van der Waals surface area contributed by atoms with Crippen LogP contribution >= 0.6 is 11.3 Å². The number of hydrogen-bond acceptors (Lipinski definition) is 5. The van der Waals surface area contributed by atoms with Crippen molar-refractivity contribution in [1.82, 2.24) is 9.88 Å². The molecule has 41 heavy (non-hydrogen) atoms. The molecule has 0 unspecified atom stereocenters. The first-order chi connectivity index (χ1) is 19.0. The second kappa shape index (κ2) is 9.70. The second-order valence-corrected chi connectivity index (χ2v) is 12.1. The summed E-state index contributed by atoms with van der Waals surface area (Å²) in [6.07, 6.45) is -3.43. The average Bonchev–Trinajstić information content (AvgIpc) is 3.52. The Morgan fingerprint density at radius 2 is 1.71 bits per heavy atom. The molecule has 4 aromatic rings. The molecule has 2 N–H and O–H groups in total. The smallest absolute Gasteiger partial charge is 0.411 e. The summed E-state index contributed by atoms with van der Waals surface area (Å²) >= 11 is 0.816. The number of benzene rings is 2. The molecule has 2 aromatic heterocycles. The van der Waals surface area contributed by atoms with Crippen LogP contribution < -0.4 is 15.6 Å². The average molecular weight is 589 g/mol. The fraction of sp³-hybridized carbons (Fsp3) is 0.333. The molecule has 6 nitrogen and oxygen atoms in total. The van der Waals surface area contributed by atoms with Crippen molar-refractivity contribution in [1.29, 1.82) is 0 Å². The van der Waals surface area contributed by atoms with Gasteiger partial charge in [-0.25, -0.2) is 4.39 Å². The van der Waals surface area contributed by atoms with Crippen molar-refractivity contribution in [3.8, 4) is 22.6 Å². The summed E-state index contributed by atoms with van der Waals surface area (Å²) in [4.78, 5) is 26.0. The van der Waals surface area contributed by atoms with Crippen LogP contribution in [-0.2, 0) is 12.6 Å². The largest absolute Gasteiger partial charge is 0.456 e. The van der Waals surface area contributed by atoms with Gasteiger partial charge in [0.05, 0.1) is 10.5 Å². The van der Waals surface area contributed by atoms with Gasteiger partial charge >= 0.3 is 6.18 Å². The van der Waals surface area contributed by atoms with Crippen LogP contribution in [0.25, 0.3) is 21.2 Å². The SMILES string of the molecule is Cc1cc(F)cc(C)c1Oc1ccc(C(C)(C)O)cc1-c1cn(C)c(=O)c2sc(C(=O)NC3(C(F)(F)F)CC3)cc12. The van der Waals surface area contributed by atoms with Crippen molar-refractivity contribution >= 4 is 27.3 Å². The fourth-order valence-electron chi connectivity index (χ4n) is 4.82. The number of nitrogens with zero attached hydrogens (tertiary/aromatic N) is 1. The molecule has 1 amide bonds. The number of thiophene rings is 1. The molecule has 0 atom stereocenters. The van der Waals surface area contributed by atoms with Crippen LogP contribution in [0.2, 0.25) is 0 Å². The lowest BCUT2D eigenvalue weighted by atomic mass is 9.93. The molecule has 0 saturated heterocycles. The first-order valence-corrected chi connectivity index (χ1v) is 13.7. The molecule has 1 aliphatic rings. The standard InChI is InChI=1S/C30H28F4N2O4S/c1-15-10-18(31)11-16(2)24(15)40-22-7-6-17(28(3,4)39)12-19(22)21-14-36(5)27(38)25-20(21)13-23(41-25)26(37)35-29(8-9-29)30(32,33)34/h6-7,10-14,39H,8-9H2,1-5H3,(H,35,37). The monoisotopic (exact) mass is 588 g/mol. The van der Waals surface area contributed by atoms with E-state index in [0.717, 1.165) is 11.3 Å². The third kappa shape index (κ3) is 5.24. The maximum Gasteiger partial charge on any atom is 0.411 e. The molecule has 11 heteroatoms. The number of aromatic nitrogens is 1. The van der Waals surface area contributed by atoms with E-state index < -0.39 is 34.6 Å². The van der Waals surface area contributed by atoms with E-state index >= 15 is 0 Å². The number of halogens is 4. The van der Waals surface area contributed by atoms with Crippen molar-refractivity contribution in [3.63, 3.8) is 0 Å². The van der Waals surface area contributed by atoms with E-state index in [9.17, 15) is 32.3 Å². The summed E-state index contributed by atoms with van der Waals surface area (Å²) in [5, 5.41) is 13.2. The van der Waals surface area contributed by atoms with E-state index in [0.29, 0.717) is 44.7 Å². The van der Waals surface area contributed by atoms with E-state index in [2.05, 4.69) is 5.32 Å². The summed E-state index contributed by atoms with van der Waals surface area (Å²) in [5.74, 6) is -0.556. The van der Waals surface area contributed by atoms with Crippen LogP contribution in [-0.4, -0.2) is 27.3 Å². The minimum Gasteiger partial charge on any atom is -0.456 e. The first kappa shape index (κ1) is 28.8. The summed E-state index contributed by atoms with van der Waals surface area (Å²) in [7, 11) is 1.53. The minimum atomic E-state index is -4.58. The predicted octanol–water partition coefficient (Wildman–Crippen LogP) is 6.87. The Bertz CT molecular complexity index is 1740. The molecule has 0 bridgehead atoms. The zero-order valence-corrected chi connectivity index (χ0v) is 23.8. The highest BCUT2D eigenvalue weighted by molar-refractivity contribution is 7.20. The van der Waals surface area contributed by atoms with Crippen LogP contribution in [0.15, 0.2) is 47.4 Å². The van der Waals surface area contributed by atoms with E-state index in [1.807, 2.05) is 0 Å². The van der Waals surface area contributed by atoms with Crippen molar-refractivity contribution < 1.29 is 32.2 Å².